The van der Waals surface area contributed by atoms with Crippen molar-refractivity contribution < 1.29 is 19.1 Å². The molecule has 7 nitrogen and oxygen atoms in total. The minimum absolute atomic E-state index is 0.383. The zero-order valence-corrected chi connectivity index (χ0v) is 17.8. The molecule has 0 fully saturated rings. The first-order valence-corrected chi connectivity index (χ1v) is 10.1. The molecular weight excluding hydrogens is 406 g/mol. The number of nitrogens with zero attached hydrogens (tertiary/aromatic N) is 1. The van der Waals surface area contributed by atoms with Gasteiger partial charge in [-0.1, -0.05) is 43.3 Å². The van der Waals surface area contributed by atoms with E-state index in [0.29, 0.717) is 28.3 Å². The topological polar surface area (TPSA) is 96.9 Å². The normalized spacial score (nSPS) is 10.9. The molecule has 0 aromatic heterocycles. The number of hydrogen-bond donors (Lipinski definition) is 2. The van der Waals surface area contributed by atoms with Crippen LogP contribution in [0.15, 0.2) is 84.0 Å². The highest BCUT2D eigenvalue weighted by Gasteiger charge is 2.15. The summed E-state index contributed by atoms with van der Waals surface area (Å²) in [6, 6.07) is 22.6. The Hall–Kier alpha value is -4.26. The van der Waals surface area contributed by atoms with Gasteiger partial charge in [0.05, 0.1) is 11.3 Å². The van der Waals surface area contributed by atoms with Gasteiger partial charge in [0.2, 0.25) is 0 Å². The molecule has 0 aliphatic rings. The summed E-state index contributed by atoms with van der Waals surface area (Å²) < 4.78 is 5.34. The Balaban J connectivity index is 1.57. The van der Waals surface area contributed by atoms with Crippen molar-refractivity contribution in [3.8, 4) is 5.75 Å². The molecule has 0 spiro atoms. The second-order valence-corrected chi connectivity index (χ2v) is 6.88. The minimum Gasteiger partial charge on any atom is -0.423 e. The summed E-state index contributed by atoms with van der Waals surface area (Å²) in [5.41, 5.74) is 5.42. The van der Waals surface area contributed by atoms with Crippen LogP contribution in [0.5, 0.6) is 5.75 Å². The van der Waals surface area contributed by atoms with Gasteiger partial charge in [0, 0.05) is 5.69 Å². The summed E-state index contributed by atoms with van der Waals surface area (Å²) in [7, 11) is 0. The molecule has 0 aliphatic heterocycles. The number of hydrazone groups is 1. The zero-order chi connectivity index (χ0) is 22.9. The van der Waals surface area contributed by atoms with Crippen molar-refractivity contribution in [3.05, 3.63) is 95.6 Å². The quantitative estimate of drug-likeness (QED) is 0.204. The smallest absolute Gasteiger partial charge is 0.343 e. The number of anilines is 1. The Morgan fingerprint density at radius 1 is 0.812 bits per heavy atom. The van der Waals surface area contributed by atoms with Gasteiger partial charge in [0.25, 0.3) is 0 Å². The summed E-state index contributed by atoms with van der Waals surface area (Å²) >= 11 is 0. The van der Waals surface area contributed by atoms with Crippen LogP contribution in [0.25, 0.3) is 0 Å². The molecule has 3 aromatic carbocycles. The molecule has 3 aromatic rings. The van der Waals surface area contributed by atoms with Crippen LogP contribution in [-0.4, -0.2) is 23.5 Å². The average Bonchev–Trinajstić information content (AvgIpc) is 2.83. The second-order valence-electron chi connectivity index (χ2n) is 6.88. The first-order chi connectivity index (χ1) is 15.5. The average molecular weight is 429 g/mol. The zero-order valence-electron chi connectivity index (χ0n) is 17.8. The highest BCUT2D eigenvalue weighted by molar-refractivity contribution is 6.39. The number of para-hydroxylation sites is 1. The molecule has 0 bridgehead atoms. The monoisotopic (exact) mass is 429 g/mol. The van der Waals surface area contributed by atoms with Crippen molar-refractivity contribution in [2.45, 2.75) is 20.3 Å². The summed E-state index contributed by atoms with van der Waals surface area (Å²) in [6.07, 6.45) is 0.728. The maximum absolute atomic E-state index is 12.2. The predicted octanol–water partition coefficient (Wildman–Crippen LogP) is 3.95. The molecular formula is C25H23N3O4. The standard InChI is InChI=1S/C25H23N3O4/c1-3-18-9-7-8-12-22(18)26-23(29)24(30)28-27-17(2)19-13-15-21(16-14-19)32-25(31)20-10-5-4-6-11-20/h4-16H,3H2,1-2H3,(H,26,29)(H,28,30)/b27-17+. The number of hydrogen-bond acceptors (Lipinski definition) is 5. The molecule has 0 radical (unpaired) electrons. The lowest BCUT2D eigenvalue weighted by Crippen LogP contribution is -2.33. The lowest BCUT2D eigenvalue weighted by atomic mass is 10.1. The Morgan fingerprint density at radius 2 is 1.47 bits per heavy atom. The van der Waals surface area contributed by atoms with E-state index in [2.05, 4.69) is 15.8 Å². The maximum atomic E-state index is 12.2. The molecule has 2 amide bonds. The number of ether oxygens (including phenoxy) is 1. The molecule has 0 atom stereocenters. The Morgan fingerprint density at radius 3 is 2.16 bits per heavy atom. The number of esters is 1. The summed E-state index contributed by atoms with van der Waals surface area (Å²) in [6.45, 7) is 3.65. The van der Waals surface area contributed by atoms with Gasteiger partial charge in [-0.05, 0) is 66.9 Å². The fourth-order valence-corrected chi connectivity index (χ4v) is 2.88. The van der Waals surface area contributed by atoms with Crippen molar-refractivity contribution >= 4 is 29.2 Å². The SMILES string of the molecule is CCc1ccccc1NC(=O)C(=O)N/N=C(\C)c1ccc(OC(=O)c2ccccc2)cc1. The number of benzene rings is 3. The minimum atomic E-state index is -0.872. The molecule has 7 heteroatoms. The van der Waals surface area contributed by atoms with Crippen molar-refractivity contribution in [1.29, 1.82) is 0 Å². The van der Waals surface area contributed by atoms with Crippen LogP contribution < -0.4 is 15.5 Å². The van der Waals surface area contributed by atoms with Crippen LogP contribution >= 0.6 is 0 Å². The van der Waals surface area contributed by atoms with Gasteiger partial charge in [-0.25, -0.2) is 10.2 Å². The largest absolute Gasteiger partial charge is 0.423 e. The molecule has 2 N–H and O–H groups in total. The van der Waals surface area contributed by atoms with Crippen LogP contribution in [0.3, 0.4) is 0 Å². The van der Waals surface area contributed by atoms with E-state index >= 15 is 0 Å². The van der Waals surface area contributed by atoms with E-state index in [1.165, 1.54) is 0 Å². The summed E-state index contributed by atoms with van der Waals surface area (Å²) in [4.78, 5) is 36.4. The van der Waals surface area contributed by atoms with Crippen molar-refractivity contribution in [3.63, 3.8) is 0 Å². The first kappa shape index (κ1) is 22.4. The van der Waals surface area contributed by atoms with Crippen LogP contribution in [0.4, 0.5) is 5.69 Å². The van der Waals surface area contributed by atoms with E-state index < -0.39 is 17.8 Å². The number of rotatable bonds is 6. The Bertz CT molecular complexity index is 1140. The van der Waals surface area contributed by atoms with E-state index in [4.69, 9.17) is 4.74 Å². The molecule has 0 unspecified atom stereocenters. The van der Waals surface area contributed by atoms with Crippen LogP contribution in [0, 0.1) is 0 Å². The number of nitrogens with one attached hydrogen (secondary N) is 2. The third kappa shape index (κ3) is 5.89. The van der Waals surface area contributed by atoms with E-state index in [0.717, 1.165) is 12.0 Å². The molecule has 0 saturated carbocycles. The molecule has 3 rings (SSSR count). The molecule has 0 saturated heterocycles. The number of carbonyl (C=O) groups excluding carboxylic acids is 3. The Labute approximate surface area is 186 Å². The Kier molecular flexibility index (Phi) is 7.48. The molecule has 0 aliphatic carbocycles. The number of aryl methyl sites for hydroxylation is 1. The number of carbonyl (C=O) groups is 3. The van der Waals surface area contributed by atoms with Crippen molar-refractivity contribution in [2.75, 3.05) is 5.32 Å². The summed E-state index contributed by atoms with van der Waals surface area (Å²) in [5.74, 6) is -1.74. The fourth-order valence-electron chi connectivity index (χ4n) is 2.88. The summed E-state index contributed by atoms with van der Waals surface area (Å²) in [5, 5.41) is 6.58. The van der Waals surface area contributed by atoms with Crippen molar-refractivity contribution in [1.82, 2.24) is 5.43 Å². The van der Waals surface area contributed by atoms with Gasteiger partial charge in [-0.3, -0.25) is 9.59 Å². The van der Waals surface area contributed by atoms with Crippen molar-refractivity contribution in [2.24, 2.45) is 5.10 Å². The molecule has 32 heavy (non-hydrogen) atoms. The lowest BCUT2D eigenvalue weighted by molar-refractivity contribution is -0.136. The van der Waals surface area contributed by atoms with Crippen LogP contribution in [0.1, 0.15) is 35.3 Å². The van der Waals surface area contributed by atoms with Gasteiger partial charge in [0.1, 0.15) is 5.75 Å². The van der Waals surface area contributed by atoms with Gasteiger partial charge >= 0.3 is 17.8 Å². The number of amides is 2. The van der Waals surface area contributed by atoms with Gasteiger partial charge in [-0.2, -0.15) is 5.10 Å². The van der Waals surface area contributed by atoms with Crippen LogP contribution in [-0.2, 0) is 16.0 Å². The van der Waals surface area contributed by atoms with Gasteiger partial charge < -0.3 is 10.1 Å². The third-order valence-electron chi connectivity index (χ3n) is 4.67. The third-order valence-corrected chi connectivity index (χ3v) is 4.67. The van der Waals surface area contributed by atoms with E-state index in [1.54, 1.807) is 67.6 Å². The highest BCUT2D eigenvalue weighted by atomic mass is 16.5. The maximum Gasteiger partial charge on any atom is 0.343 e. The molecule has 162 valence electrons. The van der Waals surface area contributed by atoms with Gasteiger partial charge in [-0.15, -0.1) is 0 Å². The highest BCUT2D eigenvalue weighted by Crippen LogP contribution is 2.16. The molecule has 0 heterocycles. The van der Waals surface area contributed by atoms with E-state index in [9.17, 15) is 14.4 Å². The first-order valence-electron chi connectivity index (χ1n) is 10.1. The fraction of sp³-hybridized carbons (Fsp3) is 0.120. The van der Waals surface area contributed by atoms with Gasteiger partial charge in [0.15, 0.2) is 0 Å². The second kappa shape index (κ2) is 10.7. The van der Waals surface area contributed by atoms with Crippen LogP contribution in [0.2, 0.25) is 0 Å². The van der Waals surface area contributed by atoms with E-state index in [-0.39, 0.29) is 0 Å². The lowest BCUT2D eigenvalue weighted by Gasteiger charge is -2.09. The van der Waals surface area contributed by atoms with E-state index in [1.807, 2.05) is 25.1 Å². The predicted molar refractivity (Wildman–Crippen MR) is 123 cm³/mol.